The molecule has 1 aliphatic rings. The van der Waals surface area contributed by atoms with Gasteiger partial charge in [0.15, 0.2) is 0 Å². The molecule has 1 aromatic rings. The third-order valence-electron chi connectivity index (χ3n) is 3.09. The number of hydrogen-bond acceptors (Lipinski definition) is 4. The van der Waals surface area contributed by atoms with Crippen molar-refractivity contribution in [2.45, 2.75) is 25.4 Å². The third kappa shape index (κ3) is 3.52. The molecule has 0 bridgehead atoms. The normalized spacial score (nSPS) is 21.7. The van der Waals surface area contributed by atoms with E-state index in [1.165, 1.54) is 12.8 Å². The molecule has 0 aromatic carbocycles. The number of nitrogens with zero attached hydrogens (tertiary/aromatic N) is 3. The van der Waals surface area contributed by atoms with Crippen molar-refractivity contribution < 1.29 is 0 Å². The smallest absolute Gasteiger partial charge is 0.223 e. The molecule has 1 aliphatic heterocycles. The van der Waals surface area contributed by atoms with Gasteiger partial charge in [0.1, 0.15) is 5.15 Å². The van der Waals surface area contributed by atoms with Gasteiger partial charge in [0.2, 0.25) is 5.28 Å². The molecule has 0 radical (unpaired) electrons. The molecule has 1 saturated heterocycles. The molecule has 4 nitrogen and oxygen atoms in total. The topological polar surface area (TPSA) is 41.0 Å². The standard InChI is InChI=1S/C11H16Cl2N4/c1-14-9-3-2-4-17(7-9)6-8-5-15-11(13)16-10(8)12/h5,9,14H,2-4,6-7H2,1H3/t9-/m0/s1. The lowest BCUT2D eigenvalue weighted by molar-refractivity contribution is 0.187. The van der Waals surface area contributed by atoms with Gasteiger partial charge in [-0.15, -0.1) is 0 Å². The van der Waals surface area contributed by atoms with Crippen LogP contribution in [0.1, 0.15) is 18.4 Å². The van der Waals surface area contributed by atoms with Gasteiger partial charge in [0.25, 0.3) is 0 Å². The lowest BCUT2D eigenvalue weighted by Gasteiger charge is -2.32. The molecule has 2 rings (SSSR count). The van der Waals surface area contributed by atoms with Gasteiger partial charge in [-0.05, 0) is 38.0 Å². The molecule has 1 aromatic heterocycles. The van der Waals surface area contributed by atoms with Crippen molar-refractivity contribution in [2.24, 2.45) is 0 Å². The molecular formula is C11H16Cl2N4. The molecule has 1 fully saturated rings. The van der Waals surface area contributed by atoms with Gasteiger partial charge in [0, 0.05) is 30.9 Å². The minimum atomic E-state index is 0.200. The zero-order valence-corrected chi connectivity index (χ0v) is 11.3. The lowest BCUT2D eigenvalue weighted by atomic mass is 10.1. The fraction of sp³-hybridized carbons (Fsp3) is 0.636. The number of likely N-dealkylation sites (N-methyl/N-ethyl adjacent to an activating group) is 1. The fourth-order valence-corrected chi connectivity index (χ4v) is 2.51. The Bertz CT molecular complexity index is 386. The van der Waals surface area contributed by atoms with Gasteiger partial charge in [0.05, 0.1) is 0 Å². The SMILES string of the molecule is CN[C@H]1CCCN(Cc2cnc(Cl)nc2Cl)C1. The van der Waals surface area contributed by atoms with Crippen LogP contribution >= 0.6 is 23.2 Å². The second-order valence-electron chi connectivity index (χ2n) is 4.32. The van der Waals surface area contributed by atoms with E-state index in [0.29, 0.717) is 11.2 Å². The first kappa shape index (κ1) is 13.0. The van der Waals surface area contributed by atoms with Crippen LogP contribution in [-0.2, 0) is 6.54 Å². The van der Waals surface area contributed by atoms with Gasteiger partial charge in [-0.1, -0.05) is 11.6 Å². The minimum absolute atomic E-state index is 0.200. The summed E-state index contributed by atoms with van der Waals surface area (Å²) in [6.07, 6.45) is 4.15. The maximum absolute atomic E-state index is 6.04. The monoisotopic (exact) mass is 274 g/mol. The lowest BCUT2D eigenvalue weighted by Crippen LogP contribution is -2.43. The molecule has 0 spiro atoms. The van der Waals surface area contributed by atoms with Crippen molar-refractivity contribution in [3.63, 3.8) is 0 Å². The van der Waals surface area contributed by atoms with Crippen LogP contribution in [0, 0.1) is 0 Å². The van der Waals surface area contributed by atoms with Crippen LogP contribution in [-0.4, -0.2) is 41.0 Å². The molecule has 0 unspecified atom stereocenters. The molecular weight excluding hydrogens is 259 g/mol. The van der Waals surface area contributed by atoms with Crippen molar-refractivity contribution in [1.82, 2.24) is 20.2 Å². The van der Waals surface area contributed by atoms with E-state index in [2.05, 4.69) is 20.2 Å². The molecule has 2 heterocycles. The van der Waals surface area contributed by atoms with Gasteiger partial charge in [-0.2, -0.15) is 0 Å². The average Bonchev–Trinajstić information content (AvgIpc) is 2.33. The second kappa shape index (κ2) is 5.96. The summed E-state index contributed by atoms with van der Waals surface area (Å²) in [5.74, 6) is 0. The zero-order chi connectivity index (χ0) is 12.3. The Kier molecular flexibility index (Phi) is 4.56. The Labute approximate surface area is 111 Å². The molecule has 17 heavy (non-hydrogen) atoms. The van der Waals surface area contributed by atoms with E-state index in [1.54, 1.807) is 6.20 Å². The van der Waals surface area contributed by atoms with Crippen molar-refractivity contribution in [3.05, 3.63) is 22.2 Å². The quantitative estimate of drug-likeness (QED) is 0.676. The van der Waals surface area contributed by atoms with E-state index < -0.39 is 0 Å². The third-order valence-corrected chi connectivity index (χ3v) is 3.60. The van der Waals surface area contributed by atoms with Crippen LogP contribution in [0.4, 0.5) is 0 Å². The van der Waals surface area contributed by atoms with Crippen LogP contribution in [0.2, 0.25) is 10.4 Å². The van der Waals surface area contributed by atoms with E-state index in [1.807, 2.05) is 7.05 Å². The summed E-state index contributed by atoms with van der Waals surface area (Å²) in [5.41, 5.74) is 0.938. The fourth-order valence-electron chi connectivity index (χ4n) is 2.15. The van der Waals surface area contributed by atoms with Crippen molar-refractivity contribution >= 4 is 23.2 Å². The number of nitrogens with one attached hydrogen (secondary N) is 1. The number of aromatic nitrogens is 2. The van der Waals surface area contributed by atoms with E-state index in [0.717, 1.165) is 25.2 Å². The van der Waals surface area contributed by atoms with E-state index in [9.17, 15) is 0 Å². The highest BCUT2D eigenvalue weighted by atomic mass is 35.5. The maximum atomic E-state index is 6.04. The second-order valence-corrected chi connectivity index (χ2v) is 5.01. The predicted molar refractivity (Wildman–Crippen MR) is 69.4 cm³/mol. The van der Waals surface area contributed by atoms with Crippen LogP contribution in [0.15, 0.2) is 6.20 Å². The molecule has 1 atom stereocenters. The summed E-state index contributed by atoms with van der Waals surface area (Å²) in [4.78, 5) is 10.3. The Hall–Kier alpha value is -0.420. The van der Waals surface area contributed by atoms with Crippen LogP contribution in [0.3, 0.4) is 0 Å². The highest BCUT2D eigenvalue weighted by molar-refractivity contribution is 6.32. The van der Waals surface area contributed by atoms with Crippen LogP contribution < -0.4 is 5.32 Å². The summed E-state index contributed by atoms with van der Waals surface area (Å²) in [5, 5.41) is 3.97. The van der Waals surface area contributed by atoms with Crippen LogP contribution in [0.25, 0.3) is 0 Å². The number of halogens is 2. The van der Waals surface area contributed by atoms with Crippen molar-refractivity contribution in [1.29, 1.82) is 0 Å². The average molecular weight is 275 g/mol. The number of hydrogen-bond donors (Lipinski definition) is 1. The maximum Gasteiger partial charge on any atom is 0.223 e. The summed E-state index contributed by atoms with van der Waals surface area (Å²) in [6, 6.07) is 0.566. The largest absolute Gasteiger partial charge is 0.316 e. The summed E-state index contributed by atoms with van der Waals surface area (Å²) < 4.78 is 0. The van der Waals surface area contributed by atoms with E-state index in [-0.39, 0.29) is 5.28 Å². The minimum Gasteiger partial charge on any atom is -0.316 e. The predicted octanol–water partition coefficient (Wildman–Crippen LogP) is 1.97. The molecule has 0 saturated carbocycles. The first-order chi connectivity index (χ1) is 8.19. The first-order valence-corrected chi connectivity index (χ1v) is 6.51. The van der Waals surface area contributed by atoms with Crippen molar-refractivity contribution in [3.8, 4) is 0 Å². The molecule has 1 N–H and O–H groups in total. The van der Waals surface area contributed by atoms with Gasteiger partial charge in [-0.25, -0.2) is 9.97 Å². The van der Waals surface area contributed by atoms with E-state index in [4.69, 9.17) is 23.2 Å². The molecule has 0 aliphatic carbocycles. The summed E-state index contributed by atoms with van der Waals surface area (Å²) in [6.45, 7) is 2.92. The molecule has 6 heteroatoms. The van der Waals surface area contributed by atoms with Crippen molar-refractivity contribution in [2.75, 3.05) is 20.1 Å². The van der Waals surface area contributed by atoms with E-state index >= 15 is 0 Å². The zero-order valence-electron chi connectivity index (χ0n) is 9.79. The van der Waals surface area contributed by atoms with Gasteiger partial charge in [-0.3, -0.25) is 4.90 Å². The Morgan fingerprint density at radius 3 is 3.06 bits per heavy atom. The Balaban J connectivity index is 2.00. The molecule has 0 amide bonds. The number of likely N-dealkylation sites (tertiary alicyclic amines) is 1. The van der Waals surface area contributed by atoms with Gasteiger partial charge < -0.3 is 5.32 Å². The first-order valence-electron chi connectivity index (χ1n) is 5.75. The highest BCUT2D eigenvalue weighted by Crippen LogP contribution is 2.18. The number of piperidine rings is 1. The van der Waals surface area contributed by atoms with Gasteiger partial charge >= 0.3 is 0 Å². The Morgan fingerprint density at radius 2 is 2.35 bits per heavy atom. The molecule has 94 valence electrons. The summed E-state index contributed by atoms with van der Waals surface area (Å²) in [7, 11) is 2.01. The van der Waals surface area contributed by atoms with Crippen LogP contribution in [0.5, 0.6) is 0 Å². The number of rotatable bonds is 3. The highest BCUT2D eigenvalue weighted by Gasteiger charge is 2.19. The summed E-state index contributed by atoms with van der Waals surface area (Å²) >= 11 is 11.7. The Morgan fingerprint density at radius 1 is 1.53 bits per heavy atom.